The lowest BCUT2D eigenvalue weighted by Gasteiger charge is -2.44. The van der Waals surface area contributed by atoms with Gasteiger partial charge in [0, 0.05) is 63.1 Å². The van der Waals surface area contributed by atoms with Crippen molar-refractivity contribution < 1.29 is 17.9 Å². The largest absolute Gasteiger partial charge is 0.381 e. The number of carbonyl (C=O) groups is 1. The lowest BCUT2D eigenvalue weighted by molar-refractivity contribution is -0.131. The fourth-order valence-electron chi connectivity index (χ4n) is 7.14. The van der Waals surface area contributed by atoms with E-state index in [9.17, 15) is 18.5 Å². The molecule has 1 saturated carbocycles. The SMILES string of the molecule is COC1CCC(C#N)CC1C1CC(C)NCC1C(=O)NC1NC2CN(S(=O)(=O)N3CCCCC3)CC2S1. The summed E-state index contributed by atoms with van der Waals surface area (Å²) in [6.07, 6.45) is 6.45. The number of piperidine rings is 2. The lowest BCUT2D eigenvalue weighted by Crippen LogP contribution is -2.55. The number of nitriles is 1. The van der Waals surface area contributed by atoms with Gasteiger partial charge in [0.25, 0.3) is 10.2 Å². The molecule has 4 saturated heterocycles. The van der Waals surface area contributed by atoms with Crippen molar-refractivity contribution in [2.24, 2.45) is 23.7 Å². The van der Waals surface area contributed by atoms with Crippen molar-refractivity contribution in [1.29, 1.82) is 5.26 Å². The maximum absolute atomic E-state index is 13.6. The van der Waals surface area contributed by atoms with E-state index in [1.807, 2.05) is 0 Å². The highest BCUT2D eigenvalue weighted by molar-refractivity contribution is 8.00. The van der Waals surface area contributed by atoms with E-state index in [2.05, 4.69) is 28.9 Å². The van der Waals surface area contributed by atoms with Crippen molar-refractivity contribution in [3.05, 3.63) is 0 Å². The molecule has 4 heterocycles. The van der Waals surface area contributed by atoms with Gasteiger partial charge >= 0.3 is 0 Å². The Kier molecular flexibility index (Phi) is 8.70. The van der Waals surface area contributed by atoms with Crippen molar-refractivity contribution in [3.8, 4) is 6.07 Å². The third-order valence-corrected chi connectivity index (χ3v) is 12.5. The third-order valence-electron chi connectivity index (χ3n) is 9.18. The number of nitrogens with one attached hydrogen (secondary N) is 3. The van der Waals surface area contributed by atoms with Crippen LogP contribution in [0.5, 0.6) is 0 Å². The molecule has 4 aliphatic heterocycles. The highest BCUT2D eigenvalue weighted by Crippen LogP contribution is 2.42. The molecule has 0 aromatic heterocycles. The first-order valence-electron chi connectivity index (χ1n) is 13.9. The molecule has 0 aromatic rings. The zero-order chi connectivity index (χ0) is 26.2. The van der Waals surface area contributed by atoms with Gasteiger partial charge in [-0.2, -0.15) is 22.3 Å². The Balaban J connectivity index is 1.19. The van der Waals surface area contributed by atoms with Gasteiger partial charge in [0.2, 0.25) is 5.91 Å². The van der Waals surface area contributed by atoms with Gasteiger partial charge in [-0.3, -0.25) is 10.1 Å². The predicted octanol–water partition coefficient (Wildman–Crippen LogP) is 1.08. The van der Waals surface area contributed by atoms with E-state index >= 15 is 0 Å². The van der Waals surface area contributed by atoms with Crippen LogP contribution in [0, 0.1) is 35.0 Å². The number of rotatable bonds is 6. The van der Waals surface area contributed by atoms with Gasteiger partial charge in [0.05, 0.1) is 18.1 Å². The molecule has 1 aliphatic carbocycles. The second kappa shape index (κ2) is 11.7. The van der Waals surface area contributed by atoms with Gasteiger partial charge in [-0.15, -0.1) is 11.8 Å². The molecular weight excluding hydrogens is 512 g/mol. The Bertz CT molecular complexity index is 957. The van der Waals surface area contributed by atoms with Gasteiger partial charge in [0.15, 0.2) is 0 Å². The minimum atomic E-state index is -3.42. The lowest BCUT2D eigenvalue weighted by atomic mass is 9.66. The topological polar surface area (TPSA) is 127 Å². The summed E-state index contributed by atoms with van der Waals surface area (Å²) in [4.78, 5) is 13.6. The van der Waals surface area contributed by atoms with Crippen LogP contribution in [0.4, 0.5) is 0 Å². The Morgan fingerprint density at radius 2 is 1.89 bits per heavy atom. The Morgan fingerprint density at radius 1 is 1.11 bits per heavy atom. The fourth-order valence-corrected chi connectivity index (χ4v) is 10.4. The van der Waals surface area contributed by atoms with Crippen molar-refractivity contribution in [2.45, 2.75) is 80.8 Å². The zero-order valence-electron chi connectivity index (χ0n) is 22.0. The summed E-state index contributed by atoms with van der Waals surface area (Å²) in [5.41, 5.74) is -0.223. The molecule has 9 atom stereocenters. The number of hydrogen-bond donors (Lipinski definition) is 3. The molecule has 0 spiro atoms. The van der Waals surface area contributed by atoms with Crippen molar-refractivity contribution >= 4 is 27.9 Å². The second-order valence-electron chi connectivity index (χ2n) is 11.5. The van der Waals surface area contributed by atoms with Gasteiger partial charge < -0.3 is 15.4 Å². The first-order valence-corrected chi connectivity index (χ1v) is 16.3. The summed E-state index contributed by atoms with van der Waals surface area (Å²) < 4.78 is 35.3. The van der Waals surface area contributed by atoms with E-state index in [4.69, 9.17) is 4.74 Å². The standard InChI is InChI=1S/C25H42N6O4S2/c1-16-10-18(19-11-17(12-26)6-7-22(19)35-2)20(13-27-16)24(32)29-25-28-21-14-31(15-23(21)36-25)37(33,34)30-8-4-3-5-9-30/h16-23,25,27-28H,3-11,13-15H2,1-2H3,(H,29,32). The van der Waals surface area contributed by atoms with Gasteiger partial charge in [-0.05, 0) is 57.3 Å². The van der Waals surface area contributed by atoms with E-state index in [-0.39, 0.29) is 52.5 Å². The number of hydrogen-bond acceptors (Lipinski definition) is 8. The van der Waals surface area contributed by atoms with Crippen molar-refractivity contribution in [1.82, 2.24) is 24.6 Å². The molecule has 5 fully saturated rings. The van der Waals surface area contributed by atoms with Gasteiger partial charge in [-0.1, -0.05) is 6.42 Å². The Morgan fingerprint density at radius 3 is 2.59 bits per heavy atom. The molecule has 3 N–H and O–H groups in total. The Hall–Kier alpha value is -0.940. The third kappa shape index (κ3) is 5.83. The normalized spacial score (nSPS) is 41.7. The number of nitrogens with zero attached hydrogens (tertiary/aromatic N) is 3. The first-order chi connectivity index (χ1) is 17.8. The average Bonchev–Trinajstić information content (AvgIpc) is 3.48. The average molecular weight is 555 g/mol. The van der Waals surface area contributed by atoms with Crippen LogP contribution in [-0.2, 0) is 19.7 Å². The molecule has 0 aromatic carbocycles. The molecule has 37 heavy (non-hydrogen) atoms. The summed E-state index contributed by atoms with van der Waals surface area (Å²) in [5.74, 6) is 0.228. The molecule has 5 aliphatic rings. The van der Waals surface area contributed by atoms with Crippen LogP contribution in [-0.4, -0.2) is 91.7 Å². The minimum absolute atomic E-state index is 0.0286. The molecule has 0 bridgehead atoms. The summed E-state index contributed by atoms with van der Waals surface area (Å²) >= 11 is 1.63. The first kappa shape index (κ1) is 27.6. The zero-order valence-corrected chi connectivity index (χ0v) is 23.6. The molecule has 0 radical (unpaired) electrons. The monoisotopic (exact) mass is 554 g/mol. The molecule has 9 unspecified atom stereocenters. The maximum Gasteiger partial charge on any atom is 0.282 e. The summed E-state index contributed by atoms with van der Waals surface area (Å²) in [6, 6.07) is 2.80. The van der Waals surface area contributed by atoms with Crippen LogP contribution < -0.4 is 16.0 Å². The molecular formula is C25H42N6O4S2. The molecule has 1 amide bonds. The minimum Gasteiger partial charge on any atom is -0.381 e. The van der Waals surface area contributed by atoms with E-state index in [1.54, 1.807) is 27.5 Å². The molecule has 208 valence electrons. The van der Waals surface area contributed by atoms with Crippen molar-refractivity contribution in [3.63, 3.8) is 0 Å². The number of ether oxygens (including phenoxy) is 1. The molecule has 5 rings (SSSR count). The van der Waals surface area contributed by atoms with E-state index < -0.39 is 10.2 Å². The number of thioether (sulfide) groups is 1. The van der Waals surface area contributed by atoms with Crippen LogP contribution in [0.25, 0.3) is 0 Å². The summed E-state index contributed by atoms with van der Waals surface area (Å²) in [6.45, 7) is 4.93. The van der Waals surface area contributed by atoms with E-state index in [0.29, 0.717) is 38.8 Å². The maximum atomic E-state index is 13.6. The summed E-state index contributed by atoms with van der Waals surface area (Å²) in [7, 11) is -1.67. The number of amides is 1. The fraction of sp³-hybridized carbons (Fsp3) is 0.920. The van der Waals surface area contributed by atoms with Gasteiger partial charge in [0.1, 0.15) is 5.50 Å². The van der Waals surface area contributed by atoms with Crippen LogP contribution >= 0.6 is 11.8 Å². The van der Waals surface area contributed by atoms with Crippen molar-refractivity contribution in [2.75, 3.05) is 39.8 Å². The highest BCUT2D eigenvalue weighted by Gasteiger charge is 2.48. The van der Waals surface area contributed by atoms with E-state index in [1.165, 1.54) is 0 Å². The quantitative estimate of drug-likeness (QED) is 0.445. The number of methoxy groups -OCH3 is 1. The number of fused-ring (bicyclic) bond motifs is 1. The van der Waals surface area contributed by atoms with Crippen LogP contribution in [0.15, 0.2) is 0 Å². The van der Waals surface area contributed by atoms with Crippen LogP contribution in [0.3, 0.4) is 0 Å². The number of carbonyl (C=O) groups excluding carboxylic acids is 1. The summed E-state index contributed by atoms with van der Waals surface area (Å²) in [5, 5.41) is 19.9. The van der Waals surface area contributed by atoms with Crippen LogP contribution in [0.2, 0.25) is 0 Å². The van der Waals surface area contributed by atoms with Gasteiger partial charge in [-0.25, -0.2) is 0 Å². The Labute approximate surface area is 225 Å². The highest BCUT2D eigenvalue weighted by atomic mass is 32.2. The molecule has 10 nitrogen and oxygen atoms in total. The second-order valence-corrected chi connectivity index (χ2v) is 14.8. The smallest absolute Gasteiger partial charge is 0.282 e. The van der Waals surface area contributed by atoms with E-state index in [0.717, 1.165) is 44.9 Å². The molecule has 12 heteroatoms. The van der Waals surface area contributed by atoms with Crippen LogP contribution in [0.1, 0.15) is 51.9 Å². The predicted molar refractivity (Wildman–Crippen MR) is 142 cm³/mol.